The zero-order valence-corrected chi connectivity index (χ0v) is 20.7. The van der Waals surface area contributed by atoms with Gasteiger partial charge in [-0.05, 0) is 57.2 Å². The third kappa shape index (κ3) is 5.82. The van der Waals surface area contributed by atoms with Gasteiger partial charge in [0.1, 0.15) is 0 Å². The van der Waals surface area contributed by atoms with E-state index in [2.05, 4.69) is 74.6 Å². The zero-order valence-electron chi connectivity index (χ0n) is 16.8. The quantitative estimate of drug-likeness (QED) is 0.323. The Hall–Kier alpha value is -0.340. The Morgan fingerprint density at radius 3 is 2.52 bits per heavy atom. The first-order valence-corrected chi connectivity index (χ1v) is 10.8. The van der Waals surface area contributed by atoms with Gasteiger partial charge < -0.3 is 15.5 Å². The first-order valence-electron chi connectivity index (χ1n) is 10.00. The van der Waals surface area contributed by atoms with Crippen molar-refractivity contribution in [2.75, 3.05) is 26.7 Å². The van der Waals surface area contributed by atoms with Crippen molar-refractivity contribution in [3.05, 3.63) is 34.3 Å². The maximum absolute atomic E-state index is 4.48. The molecule has 0 unspecified atom stereocenters. The van der Waals surface area contributed by atoms with Gasteiger partial charge in [0.2, 0.25) is 0 Å². The topological polar surface area (TPSA) is 39.7 Å². The molecule has 4 nitrogen and oxygen atoms in total. The van der Waals surface area contributed by atoms with Crippen molar-refractivity contribution < 1.29 is 0 Å². The molecule has 0 spiro atoms. The number of likely N-dealkylation sites (tertiary alicyclic amines) is 1. The van der Waals surface area contributed by atoms with E-state index in [-0.39, 0.29) is 29.4 Å². The van der Waals surface area contributed by atoms with E-state index in [0.717, 1.165) is 12.5 Å². The molecule has 1 heterocycles. The van der Waals surface area contributed by atoms with E-state index in [1.165, 1.54) is 55.2 Å². The highest BCUT2D eigenvalue weighted by Gasteiger charge is 2.38. The first-order chi connectivity index (χ1) is 12.5. The van der Waals surface area contributed by atoms with Crippen molar-refractivity contribution in [2.24, 2.45) is 4.99 Å². The van der Waals surface area contributed by atoms with Gasteiger partial charge in [-0.15, -0.1) is 24.0 Å². The molecule has 1 saturated carbocycles. The monoisotopic (exact) mass is 548 g/mol. The SMILES string of the molecule is CN=C(NCC1(c2cccc(Br)c2)CCC1)NC1CCN(C(C)C)CC1.I. The summed E-state index contributed by atoms with van der Waals surface area (Å²) in [5.41, 5.74) is 1.69. The minimum absolute atomic E-state index is 0. The van der Waals surface area contributed by atoms with Crippen molar-refractivity contribution in [3.8, 4) is 0 Å². The lowest BCUT2D eigenvalue weighted by molar-refractivity contribution is 0.167. The summed E-state index contributed by atoms with van der Waals surface area (Å²) >= 11 is 3.62. The third-order valence-corrected chi connectivity index (χ3v) is 6.66. The normalized spacial score (nSPS) is 20.7. The summed E-state index contributed by atoms with van der Waals surface area (Å²) in [6.07, 6.45) is 6.19. The van der Waals surface area contributed by atoms with Crippen LogP contribution in [-0.4, -0.2) is 49.6 Å². The van der Waals surface area contributed by atoms with Gasteiger partial charge in [0.25, 0.3) is 0 Å². The Labute approximate surface area is 190 Å². The lowest BCUT2D eigenvalue weighted by Crippen LogP contribution is -2.53. The highest BCUT2D eigenvalue weighted by molar-refractivity contribution is 14.0. The number of hydrogen-bond donors (Lipinski definition) is 2. The van der Waals surface area contributed by atoms with Gasteiger partial charge in [0.15, 0.2) is 5.96 Å². The molecule has 1 aromatic rings. The average molecular weight is 549 g/mol. The second-order valence-electron chi connectivity index (χ2n) is 8.12. The van der Waals surface area contributed by atoms with Crippen LogP contribution in [0.5, 0.6) is 0 Å². The first kappa shape index (κ1) is 22.9. The summed E-state index contributed by atoms with van der Waals surface area (Å²) in [6, 6.07) is 9.97. The molecule has 152 valence electrons. The van der Waals surface area contributed by atoms with Crippen LogP contribution in [-0.2, 0) is 5.41 Å². The molecule has 0 radical (unpaired) electrons. The Bertz CT molecular complexity index is 622. The Kier molecular flexibility index (Phi) is 8.87. The molecule has 1 aliphatic heterocycles. The van der Waals surface area contributed by atoms with Gasteiger partial charge in [-0.3, -0.25) is 4.99 Å². The van der Waals surface area contributed by atoms with E-state index in [1.54, 1.807) is 0 Å². The predicted molar refractivity (Wildman–Crippen MR) is 129 cm³/mol. The van der Waals surface area contributed by atoms with E-state index in [4.69, 9.17) is 0 Å². The Balaban J connectivity index is 0.00000261. The summed E-state index contributed by atoms with van der Waals surface area (Å²) < 4.78 is 1.17. The fourth-order valence-electron chi connectivity index (χ4n) is 4.19. The summed E-state index contributed by atoms with van der Waals surface area (Å²) in [7, 11) is 1.88. The molecule has 2 fully saturated rings. The largest absolute Gasteiger partial charge is 0.356 e. The standard InChI is InChI=1S/C21H33BrN4.HI/c1-16(2)26-12-8-19(9-13-26)25-20(23-3)24-15-21(10-5-11-21)17-6-4-7-18(22)14-17;/h4,6-7,14,16,19H,5,8-13,15H2,1-3H3,(H2,23,24,25);1H. The number of halogens is 2. The molecular formula is C21H34BrIN4. The van der Waals surface area contributed by atoms with Crippen LogP contribution in [0.1, 0.15) is 51.5 Å². The molecule has 0 aromatic heterocycles. The average Bonchev–Trinajstić information content (AvgIpc) is 2.60. The predicted octanol–water partition coefficient (Wildman–Crippen LogP) is 4.53. The molecule has 1 aromatic carbocycles. The third-order valence-electron chi connectivity index (χ3n) is 6.17. The number of nitrogens with zero attached hydrogens (tertiary/aromatic N) is 2. The number of aliphatic imine (C=N–C) groups is 1. The van der Waals surface area contributed by atoms with Crippen LogP contribution in [0.3, 0.4) is 0 Å². The number of benzene rings is 1. The van der Waals surface area contributed by atoms with Gasteiger partial charge in [-0.25, -0.2) is 0 Å². The van der Waals surface area contributed by atoms with Gasteiger partial charge in [0.05, 0.1) is 0 Å². The molecule has 3 rings (SSSR count). The minimum Gasteiger partial charge on any atom is -0.356 e. The fraction of sp³-hybridized carbons (Fsp3) is 0.667. The van der Waals surface area contributed by atoms with Crippen LogP contribution in [0.4, 0.5) is 0 Å². The highest BCUT2D eigenvalue weighted by atomic mass is 127. The molecule has 27 heavy (non-hydrogen) atoms. The second kappa shape index (κ2) is 10.4. The number of piperidine rings is 1. The van der Waals surface area contributed by atoms with Gasteiger partial charge in [0, 0.05) is 48.7 Å². The van der Waals surface area contributed by atoms with E-state index in [1.807, 2.05) is 7.05 Å². The van der Waals surface area contributed by atoms with E-state index in [9.17, 15) is 0 Å². The van der Waals surface area contributed by atoms with Gasteiger partial charge in [-0.2, -0.15) is 0 Å². The summed E-state index contributed by atoms with van der Waals surface area (Å²) in [6.45, 7) is 7.87. The van der Waals surface area contributed by atoms with Crippen molar-refractivity contribution in [2.45, 2.75) is 63.5 Å². The summed E-state index contributed by atoms with van der Waals surface area (Å²) in [4.78, 5) is 7.04. The Morgan fingerprint density at radius 2 is 2.00 bits per heavy atom. The van der Waals surface area contributed by atoms with Gasteiger partial charge in [-0.1, -0.05) is 34.5 Å². The smallest absolute Gasteiger partial charge is 0.191 e. The van der Waals surface area contributed by atoms with E-state index >= 15 is 0 Å². The van der Waals surface area contributed by atoms with Crippen LogP contribution in [0.2, 0.25) is 0 Å². The molecule has 0 bridgehead atoms. The maximum atomic E-state index is 4.48. The lowest BCUT2D eigenvalue weighted by Gasteiger charge is -2.43. The van der Waals surface area contributed by atoms with Crippen LogP contribution in [0.25, 0.3) is 0 Å². The van der Waals surface area contributed by atoms with Crippen LogP contribution in [0.15, 0.2) is 33.7 Å². The van der Waals surface area contributed by atoms with Crippen LogP contribution in [0, 0.1) is 0 Å². The molecule has 2 N–H and O–H groups in total. The van der Waals surface area contributed by atoms with E-state index in [0.29, 0.717) is 12.1 Å². The summed E-state index contributed by atoms with van der Waals surface area (Å²) in [5, 5.41) is 7.27. The van der Waals surface area contributed by atoms with E-state index < -0.39 is 0 Å². The van der Waals surface area contributed by atoms with Crippen LogP contribution >= 0.6 is 39.9 Å². The molecule has 1 aliphatic carbocycles. The zero-order chi connectivity index (χ0) is 18.6. The second-order valence-corrected chi connectivity index (χ2v) is 9.03. The maximum Gasteiger partial charge on any atom is 0.191 e. The number of rotatable bonds is 5. The molecule has 0 amide bonds. The molecular weight excluding hydrogens is 515 g/mol. The van der Waals surface area contributed by atoms with Crippen LogP contribution < -0.4 is 10.6 Å². The minimum atomic E-state index is 0. The van der Waals surface area contributed by atoms with Crippen molar-refractivity contribution in [1.29, 1.82) is 0 Å². The number of nitrogens with one attached hydrogen (secondary N) is 2. The molecule has 1 saturated heterocycles. The Morgan fingerprint density at radius 1 is 1.30 bits per heavy atom. The van der Waals surface area contributed by atoms with Crippen molar-refractivity contribution in [1.82, 2.24) is 15.5 Å². The molecule has 2 aliphatic rings. The summed E-state index contributed by atoms with van der Waals surface area (Å²) in [5.74, 6) is 0.953. The fourth-order valence-corrected chi connectivity index (χ4v) is 4.59. The number of guanidine groups is 1. The number of hydrogen-bond acceptors (Lipinski definition) is 2. The highest BCUT2D eigenvalue weighted by Crippen LogP contribution is 2.43. The van der Waals surface area contributed by atoms with Crippen molar-refractivity contribution >= 4 is 45.9 Å². The van der Waals surface area contributed by atoms with Gasteiger partial charge >= 0.3 is 0 Å². The lowest BCUT2D eigenvalue weighted by atomic mass is 9.64. The molecule has 0 atom stereocenters. The van der Waals surface area contributed by atoms with Crippen molar-refractivity contribution in [3.63, 3.8) is 0 Å². The molecule has 6 heteroatoms.